The van der Waals surface area contributed by atoms with Gasteiger partial charge in [0.15, 0.2) is 0 Å². The molecule has 6 heteroatoms. The summed E-state index contributed by atoms with van der Waals surface area (Å²) in [7, 11) is -1.65. The van der Waals surface area contributed by atoms with Gasteiger partial charge in [-0.15, -0.1) is 0 Å². The second kappa shape index (κ2) is 5.55. The van der Waals surface area contributed by atoms with Gasteiger partial charge in [0, 0.05) is 33.3 Å². The fourth-order valence-electron chi connectivity index (χ4n) is 4.07. The van der Waals surface area contributed by atoms with Crippen LogP contribution in [-0.4, -0.2) is 57.5 Å². The van der Waals surface area contributed by atoms with Gasteiger partial charge >= 0.3 is 0 Å². The van der Waals surface area contributed by atoms with Crippen molar-refractivity contribution in [1.29, 1.82) is 0 Å². The molecule has 1 spiro atoms. The number of likely N-dealkylation sites (tertiary alicyclic amines) is 1. The summed E-state index contributed by atoms with van der Waals surface area (Å²) in [5.41, 5.74) is 0.631. The summed E-state index contributed by atoms with van der Waals surface area (Å²) in [6.07, 6.45) is 3.19. The van der Waals surface area contributed by atoms with Crippen LogP contribution in [0, 0.1) is 5.92 Å². The number of hydrogen-bond donors (Lipinski definition) is 0. The Morgan fingerprint density at radius 1 is 1.30 bits per heavy atom. The van der Waals surface area contributed by atoms with Crippen LogP contribution in [0.2, 0.25) is 0 Å². The standard InChI is InChI=1S/C17H24N2O3S/c1-22-11-10-18-9-8-17(13-18)15-4-2-3-5-16(15)23(20,21)19(17)12-14-6-7-14/h2-5,14H,6-13H2,1H3/t17-/m0/s1. The maximum absolute atomic E-state index is 13.1. The fourth-order valence-corrected chi connectivity index (χ4v) is 6.21. The maximum atomic E-state index is 13.1. The Hall–Kier alpha value is -0.950. The zero-order valence-corrected chi connectivity index (χ0v) is 14.4. The molecule has 1 saturated carbocycles. The highest BCUT2D eigenvalue weighted by Gasteiger charge is 2.57. The summed E-state index contributed by atoms with van der Waals surface area (Å²) < 4.78 is 33.2. The Balaban J connectivity index is 1.73. The minimum atomic E-state index is -3.36. The van der Waals surface area contributed by atoms with Crippen molar-refractivity contribution in [2.45, 2.75) is 29.7 Å². The molecule has 2 heterocycles. The van der Waals surface area contributed by atoms with E-state index in [9.17, 15) is 8.42 Å². The zero-order chi connectivity index (χ0) is 16.1. The fraction of sp³-hybridized carbons (Fsp3) is 0.647. The summed E-state index contributed by atoms with van der Waals surface area (Å²) in [6.45, 7) is 3.92. The van der Waals surface area contributed by atoms with E-state index in [-0.39, 0.29) is 5.54 Å². The molecule has 1 atom stereocenters. The smallest absolute Gasteiger partial charge is 0.244 e. The summed E-state index contributed by atoms with van der Waals surface area (Å²) in [6, 6.07) is 7.59. The molecule has 0 aromatic heterocycles. The van der Waals surface area contributed by atoms with Gasteiger partial charge in [0.05, 0.1) is 17.0 Å². The minimum Gasteiger partial charge on any atom is -0.383 e. The highest BCUT2D eigenvalue weighted by molar-refractivity contribution is 7.89. The monoisotopic (exact) mass is 336 g/mol. The number of hydrogen-bond acceptors (Lipinski definition) is 4. The Bertz CT molecular complexity index is 702. The molecule has 0 amide bonds. The number of fused-ring (bicyclic) bond motifs is 2. The SMILES string of the molecule is COCCN1CC[C@]2(C1)c1ccccc1S(=O)(=O)N2CC1CC1. The van der Waals surface area contributed by atoms with Gasteiger partial charge in [0.2, 0.25) is 10.0 Å². The van der Waals surface area contributed by atoms with Crippen LogP contribution in [-0.2, 0) is 20.3 Å². The van der Waals surface area contributed by atoms with Crippen LogP contribution < -0.4 is 0 Å². The average Bonchev–Trinajstić information content (AvgIpc) is 3.25. The zero-order valence-electron chi connectivity index (χ0n) is 13.6. The third-order valence-electron chi connectivity index (χ3n) is 5.49. The molecule has 2 fully saturated rings. The topological polar surface area (TPSA) is 49.9 Å². The van der Waals surface area contributed by atoms with Crippen molar-refractivity contribution in [3.63, 3.8) is 0 Å². The average molecular weight is 336 g/mol. The molecular weight excluding hydrogens is 312 g/mol. The predicted molar refractivity (Wildman–Crippen MR) is 87.7 cm³/mol. The third kappa shape index (κ3) is 2.43. The molecule has 0 unspecified atom stereocenters. The van der Waals surface area contributed by atoms with Crippen molar-refractivity contribution < 1.29 is 13.2 Å². The molecule has 0 radical (unpaired) electrons. The molecular formula is C17H24N2O3S. The Morgan fingerprint density at radius 3 is 2.83 bits per heavy atom. The molecule has 1 aromatic rings. The van der Waals surface area contributed by atoms with Crippen molar-refractivity contribution in [3.05, 3.63) is 29.8 Å². The van der Waals surface area contributed by atoms with E-state index in [1.165, 1.54) is 0 Å². The maximum Gasteiger partial charge on any atom is 0.244 e. The highest BCUT2D eigenvalue weighted by atomic mass is 32.2. The molecule has 0 bridgehead atoms. The van der Waals surface area contributed by atoms with E-state index in [4.69, 9.17) is 4.74 Å². The summed E-state index contributed by atoms with van der Waals surface area (Å²) in [4.78, 5) is 2.86. The molecule has 126 valence electrons. The first-order valence-corrected chi connectivity index (χ1v) is 9.85. The number of rotatable bonds is 5. The Labute approximate surface area is 138 Å². The van der Waals surface area contributed by atoms with Crippen molar-refractivity contribution in [2.24, 2.45) is 5.92 Å². The number of benzene rings is 1. The van der Waals surface area contributed by atoms with Crippen molar-refractivity contribution >= 4 is 10.0 Å². The third-order valence-corrected chi connectivity index (χ3v) is 7.48. The molecule has 2 aliphatic heterocycles. The van der Waals surface area contributed by atoms with Gasteiger partial charge in [-0.25, -0.2) is 8.42 Å². The normalized spacial score (nSPS) is 30.1. The van der Waals surface area contributed by atoms with Gasteiger partial charge in [-0.05, 0) is 36.8 Å². The molecule has 1 aromatic carbocycles. The van der Waals surface area contributed by atoms with E-state index in [1.54, 1.807) is 13.2 Å². The molecule has 1 aliphatic carbocycles. The van der Waals surface area contributed by atoms with Gasteiger partial charge < -0.3 is 4.74 Å². The molecule has 5 nitrogen and oxygen atoms in total. The van der Waals surface area contributed by atoms with Crippen LogP contribution in [0.15, 0.2) is 29.2 Å². The number of nitrogens with zero attached hydrogens (tertiary/aromatic N) is 2. The second-order valence-corrected chi connectivity index (χ2v) is 8.86. The van der Waals surface area contributed by atoms with Crippen LogP contribution >= 0.6 is 0 Å². The number of methoxy groups -OCH3 is 1. The van der Waals surface area contributed by atoms with Crippen molar-refractivity contribution in [2.75, 3.05) is 39.9 Å². The molecule has 0 N–H and O–H groups in total. The predicted octanol–water partition coefficient (Wildman–Crippen LogP) is 1.65. The molecule has 23 heavy (non-hydrogen) atoms. The van der Waals surface area contributed by atoms with E-state index >= 15 is 0 Å². The van der Waals surface area contributed by atoms with Crippen LogP contribution in [0.1, 0.15) is 24.8 Å². The first-order chi connectivity index (χ1) is 11.1. The van der Waals surface area contributed by atoms with Gasteiger partial charge in [-0.3, -0.25) is 4.90 Å². The van der Waals surface area contributed by atoms with Crippen LogP contribution in [0.4, 0.5) is 0 Å². The lowest BCUT2D eigenvalue weighted by molar-refractivity contribution is 0.143. The number of sulfonamides is 1. The lowest BCUT2D eigenvalue weighted by atomic mass is 9.88. The van der Waals surface area contributed by atoms with E-state index in [0.29, 0.717) is 24.0 Å². The van der Waals surface area contributed by atoms with E-state index in [2.05, 4.69) is 4.90 Å². The molecule has 4 rings (SSSR count). The van der Waals surface area contributed by atoms with Crippen LogP contribution in [0.5, 0.6) is 0 Å². The Morgan fingerprint density at radius 2 is 2.09 bits per heavy atom. The summed E-state index contributed by atoms with van der Waals surface area (Å²) in [5.74, 6) is 0.545. The lowest BCUT2D eigenvalue weighted by Crippen LogP contribution is -2.47. The van der Waals surface area contributed by atoms with Crippen LogP contribution in [0.3, 0.4) is 0 Å². The van der Waals surface area contributed by atoms with Gasteiger partial charge in [0.1, 0.15) is 0 Å². The first-order valence-electron chi connectivity index (χ1n) is 8.41. The van der Waals surface area contributed by atoms with Crippen molar-refractivity contribution in [3.8, 4) is 0 Å². The largest absolute Gasteiger partial charge is 0.383 e. The minimum absolute atomic E-state index is 0.369. The quantitative estimate of drug-likeness (QED) is 0.820. The van der Waals surface area contributed by atoms with Gasteiger partial charge in [-0.2, -0.15) is 4.31 Å². The van der Waals surface area contributed by atoms with E-state index < -0.39 is 10.0 Å². The van der Waals surface area contributed by atoms with Crippen LogP contribution in [0.25, 0.3) is 0 Å². The van der Waals surface area contributed by atoms with Gasteiger partial charge in [0.25, 0.3) is 0 Å². The van der Waals surface area contributed by atoms with Crippen molar-refractivity contribution in [1.82, 2.24) is 9.21 Å². The first kappa shape index (κ1) is 15.6. The number of ether oxygens (including phenoxy) is 1. The lowest BCUT2D eigenvalue weighted by Gasteiger charge is -2.34. The molecule has 1 saturated heterocycles. The van der Waals surface area contributed by atoms with E-state index in [0.717, 1.165) is 44.5 Å². The summed E-state index contributed by atoms with van der Waals surface area (Å²) in [5, 5.41) is 0. The van der Waals surface area contributed by atoms with E-state index in [1.807, 2.05) is 22.5 Å². The second-order valence-electron chi connectivity index (χ2n) is 7.03. The Kier molecular flexibility index (Phi) is 3.76. The van der Waals surface area contributed by atoms with Gasteiger partial charge in [-0.1, -0.05) is 18.2 Å². The highest BCUT2D eigenvalue weighted by Crippen LogP contribution is 2.50. The summed E-state index contributed by atoms with van der Waals surface area (Å²) >= 11 is 0. The molecule has 3 aliphatic rings.